The number of hydrogen-bond donors (Lipinski definition) is 0. The fourth-order valence-corrected chi connectivity index (χ4v) is 1.41. The highest BCUT2D eigenvalue weighted by molar-refractivity contribution is 9.09. The standard InChI is InChI=1S/C11H14BrF/c1-8-4-5-9(6-10(8)13)11(2,3)7-12/h4-6H,7H2,1-3H3. The summed E-state index contributed by atoms with van der Waals surface area (Å²) in [7, 11) is 0. The first-order valence-electron chi connectivity index (χ1n) is 4.30. The maximum Gasteiger partial charge on any atom is 0.126 e. The van der Waals surface area contributed by atoms with Crippen molar-refractivity contribution in [3.05, 3.63) is 35.1 Å². The van der Waals surface area contributed by atoms with Crippen LogP contribution in [0.25, 0.3) is 0 Å². The molecule has 1 aromatic carbocycles. The molecule has 13 heavy (non-hydrogen) atoms. The Kier molecular flexibility index (Phi) is 3.12. The first-order valence-corrected chi connectivity index (χ1v) is 5.42. The van der Waals surface area contributed by atoms with E-state index in [0.29, 0.717) is 5.56 Å². The maximum absolute atomic E-state index is 13.2. The van der Waals surface area contributed by atoms with Crippen LogP contribution in [-0.2, 0) is 5.41 Å². The molecule has 1 aromatic rings. The van der Waals surface area contributed by atoms with Gasteiger partial charge in [-0.05, 0) is 29.5 Å². The summed E-state index contributed by atoms with van der Waals surface area (Å²) >= 11 is 3.43. The molecule has 0 amide bonds. The average Bonchev–Trinajstić information content (AvgIpc) is 2.09. The van der Waals surface area contributed by atoms with Gasteiger partial charge in [0.1, 0.15) is 5.82 Å². The molecule has 0 atom stereocenters. The van der Waals surface area contributed by atoms with Gasteiger partial charge in [0.2, 0.25) is 0 Å². The Morgan fingerprint density at radius 3 is 2.46 bits per heavy atom. The lowest BCUT2D eigenvalue weighted by atomic mass is 9.86. The highest BCUT2D eigenvalue weighted by Crippen LogP contribution is 2.26. The summed E-state index contributed by atoms with van der Waals surface area (Å²) in [6.07, 6.45) is 0. The number of halogens is 2. The minimum atomic E-state index is -0.119. The number of hydrogen-bond acceptors (Lipinski definition) is 0. The van der Waals surface area contributed by atoms with Gasteiger partial charge in [-0.25, -0.2) is 4.39 Å². The molecule has 0 fully saturated rings. The number of rotatable bonds is 2. The van der Waals surface area contributed by atoms with Gasteiger partial charge in [0, 0.05) is 5.33 Å². The Morgan fingerprint density at radius 1 is 1.38 bits per heavy atom. The van der Waals surface area contributed by atoms with Gasteiger partial charge < -0.3 is 0 Å². The zero-order valence-corrected chi connectivity index (χ0v) is 9.78. The van der Waals surface area contributed by atoms with Crippen molar-refractivity contribution in [1.29, 1.82) is 0 Å². The van der Waals surface area contributed by atoms with Gasteiger partial charge in [-0.1, -0.05) is 41.9 Å². The van der Waals surface area contributed by atoms with Gasteiger partial charge in [0.15, 0.2) is 0 Å². The molecule has 0 N–H and O–H groups in total. The van der Waals surface area contributed by atoms with Crippen LogP contribution in [0.15, 0.2) is 18.2 Å². The zero-order chi connectivity index (χ0) is 10.1. The van der Waals surface area contributed by atoms with Crippen molar-refractivity contribution >= 4 is 15.9 Å². The normalized spacial score (nSPS) is 11.8. The molecule has 1 rings (SSSR count). The Hall–Kier alpha value is -0.370. The van der Waals surface area contributed by atoms with Crippen LogP contribution < -0.4 is 0 Å². The molecule has 0 unspecified atom stereocenters. The van der Waals surface area contributed by atoms with Crippen LogP contribution in [0.3, 0.4) is 0 Å². The molecule has 0 saturated carbocycles. The molecule has 0 spiro atoms. The zero-order valence-electron chi connectivity index (χ0n) is 8.20. The molecular weight excluding hydrogens is 231 g/mol. The molecule has 0 nitrogen and oxygen atoms in total. The minimum Gasteiger partial charge on any atom is -0.207 e. The Morgan fingerprint density at radius 2 is 2.00 bits per heavy atom. The Labute approximate surface area is 87.3 Å². The SMILES string of the molecule is Cc1ccc(C(C)(C)CBr)cc1F. The van der Waals surface area contributed by atoms with E-state index in [4.69, 9.17) is 0 Å². The van der Waals surface area contributed by atoms with Crippen molar-refractivity contribution in [2.75, 3.05) is 5.33 Å². The van der Waals surface area contributed by atoms with Crippen LogP contribution in [0.2, 0.25) is 0 Å². The van der Waals surface area contributed by atoms with Gasteiger partial charge in [-0.15, -0.1) is 0 Å². The minimum absolute atomic E-state index is 0.00542. The molecule has 0 aliphatic carbocycles. The quantitative estimate of drug-likeness (QED) is 0.695. The van der Waals surface area contributed by atoms with E-state index in [0.717, 1.165) is 10.9 Å². The van der Waals surface area contributed by atoms with Gasteiger partial charge in [-0.3, -0.25) is 0 Å². The van der Waals surface area contributed by atoms with Gasteiger partial charge >= 0.3 is 0 Å². The van der Waals surface area contributed by atoms with Crippen molar-refractivity contribution < 1.29 is 4.39 Å². The van der Waals surface area contributed by atoms with E-state index < -0.39 is 0 Å². The third-order valence-electron chi connectivity index (χ3n) is 2.29. The van der Waals surface area contributed by atoms with Crippen LogP contribution in [0.1, 0.15) is 25.0 Å². The summed E-state index contributed by atoms with van der Waals surface area (Å²) in [5, 5.41) is 0.836. The third kappa shape index (κ3) is 2.31. The number of benzene rings is 1. The Bertz CT molecular complexity index is 305. The van der Waals surface area contributed by atoms with Crippen molar-refractivity contribution in [2.24, 2.45) is 0 Å². The van der Waals surface area contributed by atoms with Crippen LogP contribution in [0.5, 0.6) is 0 Å². The lowest BCUT2D eigenvalue weighted by molar-refractivity contribution is 0.579. The summed E-state index contributed by atoms with van der Waals surface area (Å²) in [6.45, 7) is 5.96. The molecule has 0 radical (unpaired) electrons. The van der Waals surface area contributed by atoms with Crippen molar-refractivity contribution in [1.82, 2.24) is 0 Å². The Balaban J connectivity index is 3.10. The van der Waals surface area contributed by atoms with Crippen LogP contribution >= 0.6 is 15.9 Å². The number of aryl methyl sites for hydroxylation is 1. The summed E-state index contributed by atoms with van der Waals surface area (Å²) in [5.41, 5.74) is 1.73. The van der Waals surface area contributed by atoms with Crippen LogP contribution in [-0.4, -0.2) is 5.33 Å². The second-order valence-electron chi connectivity index (χ2n) is 3.98. The number of alkyl halides is 1. The summed E-state index contributed by atoms with van der Waals surface area (Å²) in [6, 6.07) is 5.44. The molecular formula is C11H14BrF. The third-order valence-corrected chi connectivity index (χ3v) is 3.69. The lowest BCUT2D eigenvalue weighted by Gasteiger charge is -2.22. The topological polar surface area (TPSA) is 0 Å². The summed E-state index contributed by atoms with van der Waals surface area (Å²) < 4.78 is 13.2. The van der Waals surface area contributed by atoms with Crippen molar-refractivity contribution in [3.8, 4) is 0 Å². The molecule has 2 heteroatoms. The van der Waals surface area contributed by atoms with E-state index in [9.17, 15) is 4.39 Å². The van der Waals surface area contributed by atoms with Gasteiger partial charge in [0.25, 0.3) is 0 Å². The molecule has 0 bridgehead atoms. The molecule has 0 aliphatic heterocycles. The summed E-state index contributed by atoms with van der Waals surface area (Å²) in [4.78, 5) is 0. The highest BCUT2D eigenvalue weighted by atomic mass is 79.9. The maximum atomic E-state index is 13.2. The fourth-order valence-electron chi connectivity index (χ4n) is 1.09. The predicted molar refractivity (Wildman–Crippen MR) is 58.0 cm³/mol. The average molecular weight is 245 g/mol. The second kappa shape index (κ2) is 3.79. The van der Waals surface area contributed by atoms with Crippen molar-refractivity contribution in [3.63, 3.8) is 0 Å². The summed E-state index contributed by atoms with van der Waals surface area (Å²) in [5.74, 6) is -0.119. The molecule has 72 valence electrons. The van der Waals surface area contributed by atoms with Crippen LogP contribution in [0.4, 0.5) is 4.39 Å². The molecule has 0 aliphatic rings. The fraction of sp³-hybridized carbons (Fsp3) is 0.455. The molecule has 0 aromatic heterocycles. The highest BCUT2D eigenvalue weighted by Gasteiger charge is 2.19. The lowest BCUT2D eigenvalue weighted by Crippen LogP contribution is -2.18. The van der Waals surface area contributed by atoms with E-state index in [1.165, 1.54) is 0 Å². The molecule has 0 heterocycles. The van der Waals surface area contributed by atoms with E-state index >= 15 is 0 Å². The smallest absolute Gasteiger partial charge is 0.126 e. The molecule has 0 saturated heterocycles. The van der Waals surface area contributed by atoms with Crippen LogP contribution in [0, 0.1) is 12.7 Å². The van der Waals surface area contributed by atoms with E-state index in [-0.39, 0.29) is 11.2 Å². The largest absolute Gasteiger partial charge is 0.207 e. The predicted octanol–water partition coefficient (Wildman–Crippen LogP) is 3.81. The monoisotopic (exact) mass is 244 g/mol. The first kappa shape index (κ1) is 10.7. The van der Waals surface area contributed by atoms with Crippen molar-refractivity contribution in [2.45, 2.75) is 26.2 Å². The van der Waals surface area contributed by atoms with E-state index in [2.05, 4.69) is 29.8 Å². The first-order chi connectivity index (χ1) is 5.97. The van der Waals surface area contributed by atoms with E-state index in [1.807, 2.05) is 12.1 Å². The van der Waals surface area contributed by atoms with Gasteiger partial charge in [0.05, 0.1) is 0 Å². The van der Waals surface area contributed by atoms with Gasteiger partial charge in [-0.2, -0.15) is 0 Å². The van der Waals surface area contributed by atoms with E-state index in [1.54, 1.807) is 13.0 Å². The second-order valence-corrected chi connectivity index (χ2v) is 4.54.